The highest BCUT2D eigenvalue weighted by atomic mass is 32.1. The van der Waals surface area contributed by atoms with Gasteiger partial charge in [0, 0.05) is 49.1 Å². The average Bonchev–Trinajstić information content (AvgIpc) is 3.69. The van der Waals surface area contributed by atoms with Gasteiger partial charge in [-0.25, -0.2) is 18.7 Å². The molecule has 0 radical (unpaired) electrons. The molecule has 2 N–H and O–H groups in total. The normalized spacial score (nSPS) is 15.7. The summed E-state index contributed by atoms with van der Waals surface area (Å²) in [6, 6.07) is 12.0. The van der Waals surface area contributed by atoms with Crippen molar-refractivity contribution in [2.75, 3.05) is 13.1 Å². The maximum atomic E-state index is 13.6. The molecule has 0 bridgehead atoms. The first-order chi connectivity index (χ1) is 18.0. The molecule has 10 heteroatoms. The summed E-state index contributed by atoms with van der Waals surface area (Å²) in [5.41, 5.74) is 8.57. The Morgan fingerprint density at radius 3 is 2.86 bits per heavy atom. The van der Waals surface area contributed by atoms with Crippen molar-refractivity contribution in [1.29, 1.82) is 0 Å². The van der Waals surface area contributed by atoms with Crippen molar-refractivity contribution >= 4 is 33.4 Å². The number of thiophene rings is 1. The van der Waals surface area contributed by atoms with Crippen molar-refractivity contribution in [3.05, 3.63) is 71.3 Å². The molecule has 0 saturated carbocycles. The zero-order valence-corrected chi connectivity index (χ0v) is 20.4. The fourth-order valence-corrected chi connectivity index (χ4v) is 5.64. The molecule has 1 fully saturated rings. The third-order valence-electron chi connectivity index (χ3n) is 6.77. The molecule has 7 heterocycles. The van der Waals surface area contributed by atoms with E-state index in [2.05, 4.69) is 48.0 Å². The molecule has 6 aromatic heterocycles. The summed E-state index contributed by atoms with van der Waals surface area (Å²) >= 11 is 1.66. The second-order valence-electron chi connectivity index (χ2n) is 9.38. The largest absolute Gasteiger partial charge is 0.338 e. The van der Waals surface area contributed by atoms with Crippen molar-refractivity contribution in [3.8, 4) is 33.8 Å². The van der Waals surface area contributed by atoms with E-state index < -0.39 is 5.92 Å². The second-order valence-corrected chi connectivity index (χ2v) is 10.2. The third-order valence-corrected chi connectivity index (χ3v) is 7.46. The number of pyridine rings is 3. The van der Waals surface area contributed by atoms with Crippen LogP contribution in [-0.4, -0.2) is 54.0 Å². The van der Waals surface area contributed by atoms with E-state index in [0.29, 0.717) is 18.8 Å². The fraction of sp³-hybridized carbons (Fsp3) is 0.185. The number of hydrogen-bond acceptors (Lipinski definition) is 6. The molecule has 0 spiro atoms. The van der Waals surface area contributed by atoms with Crippen LogP contribution < -0.4 is 0 Å². The SMILES string of the molecule is FC1(F)CCN(Cc2cncc(-c3ccc4[nH]nc(-c5cc6c(-c7ccsc7)ccnc6[nH]5)c4n3)c2)C1. The van der Waals surface area contributed by atoms with E-state index in [9.17, 15) is 8.78 Å². The Hall–Kier alpha value is -4.02. The van der Waals surface area contributed by atoms with Crippen molar-refractivity contribution in [1.82, 2.24) is 35.0 Å². The maximum Gasteiger partial charge on any atom is 0.261 e. The number of aromatic nitrogens is 6. The Morgan fingerprint density at radius 1 is 1.08 bits per heavy atom. The number of alkyl halides is 2. The van der Waals surface area contributed by atoms with Crippen LogP contribution in [0.25, 0.3) is 55.8 Å². The van der Waals surface area contributed by atoms with E-state index in [1.165, 1.54) is 0 Å². The Labute approximate surface area is 214 Å². The highest BCUT2D eigenvalue weighted by Crippen LogP contribution is 2.34. The van der Waals surface area contributed by atoms with Gasteiger partial charge in [0.15, 0.2) is 0 Å². The van der Waals surface area contributed by atoms with Gasteiger partial charge in [-0.15, -0.1) is 0 Å². The predicted octanol–water partition coefficient (Wildman–Crippen LogP) is 6.13. The quantitative estimate of drug-likeness (QED) is 0.290. The summed E-state index contributed by atoms with van der Waals surface area (Å²) in [5.74, 6) is -2.61. The lowest BCUT2D eigenvalue weighted by atomic mass is 10.1. The second kappa shape index (κ2) is 8.53. The molecule has 7 rings (SSSR count). The summed E-state index contributed by atoms with van der Waals surface area (Å²) < 4.78 is 27.2. The number of nitrogens with one attached hydrogen (secondary N) is 2. The Bertz CT molecular complexity index is 1740. The number of fused-ring (bicyclic) bond motifs is 2. The van der Waals surface area contributed by atoms with Crippen LogP contribution in [0.1, 0.15) is 12.0 Å². The van der Waals surface area contributed by atoms with Crippen LogP contribution in [-0.2, 0) is 6.54 Å². The zero-order valence-electron chi connectivity index (χ0n) is 19.6. The molecule has 1 aliphatic rings. The van der Waals surface area contributed by atoms with E-state index in [0.717, 1.165) is 55.7 Å². The van der Waals surface area contributed by atoms with Crippen molar-refractivity contribution in [3.63, 3.8) is 0 Å². The monoisotopic (exact) mass is 513 g/mol. The number of rotatable bonds is 5. The van der Waals surface area contributed by atoms with Gasteiger partial charge in [0.25, 0.3) is 5.92 Å². The lowest BCUT2D eigenvalue weighted by Crippen LogP contribution is -2.24. The molecule has 1 saturated heterocycles. The van der Waals surface area contributed by atoms with E-state index in [-0.39, 0.29) is 13.0 Å². The maximum absolute atomic E-state index is 13.6. The van der Waals surface area contributed by atoms with Crippen LogP contribution in [0.3, 0.4) is 0 Å². The molecule has 37 heavy (non-hydrogen) atoms. The van der Waals surface area contributed by atoms with E-state index in [1.54, 1.807) is 34.8 Å². The standard InChI is InChI=1S/C27H21F2N7S/c28-27(29)5-7-36(15-27)13-16-9-18(12-30-11-16)21-1-2-22-24(32-21)25(35-34-22)23-10-20-19(17-4-8-37-14-17)3-6-31-26(20)33-23/h1-4,6,8-12,14H,5,7,13,15H2,(H,31,33)(H,34,35). The number of nitrogens with zero attached hydrogens (tertiary/aromatic N) is 5. The van der Waals surface area contributed by atoms with Gasteiger partial charge in [-0.1, -0.05) is 0 Å². The van der Waals surface area contributed by atoms with Gasteiger partial charge >= 0.3 is 0 Å². The third kappa shape index (κ3) is 4.08. The van der Waals surface area contributed by atoms with Gasteiger partial charge in [0.05, 0.1) is 23.4 Å². The molecule has 0 atom stereocenters. The van der Waals surface area contributed by atoms with E-state index >= 15 is 0 Å². The molecule has 184 valence electrons. The molecular formula is C27H21F2N7S. The Kier molecular flexibility index (Phi) is 5.12. The number of likely N-dealkylation sites (tertiary alicyclic amines) is 1. The smallest absolute Gasteiger partial charge is 0.261 e. The van der Waals surface area contributed by atoms with Gasteiger partial charge < -0.3 is 4.98 Å². The summed E-state index contributed by atoms with van der Waals surface area (Å²) in [6.07, 6.45) is 5.18. The molecule has 7 nitrogen and oxygen atoms in total. The van der Waals surface area contributed by atoms with Gasteiger partial charge in [-0.05, 0) is 63.8 Å². The minimum absolute atomic E-state index is 0.0976. The van der Waals surface area contributed by atoms with Crippen LogP contribution >= 0.6 is 11.3 Å². The molecule has 1 aliphatic heterocycles. The first-order valence-electron chi connectivity index (χ1n) is 11.9. The molecule has 0 aromatic carbocycles. The average molecular weight is 514 g/mol. The van der Waals surface area contributed by atoms with Crippen LogP contribution in [0.5, 0.6) is 0 Å². The summed E-state index contributed by atoms with van der Waals surface area (Å²) in [7, 11) is 0. The lowest BCUT2D eigenvalue weighted by Gasteiger charge is -2.15. The van der Waals surface area contributed by atoms with Crippen molar-refractivity contribution in [2.24, 2.45) is 0 Å². The number of hydrogen-bond donors (Lipinski definition) is 2. The Morgan fingerprint density at radius 2 is 2.03 bits per heavy atom. The van der Waals surface area contributed by atoms with E-state index in [1.807, 2.05) is 24.3 Å². The topological polar surface area (TPSA) is 86.4 Å². The highest BCUT2D eigenvalue weighted by Gasteiger charge is 2.37. The minimum Gasteiger partial charge on any atom is -0.338 e. The lowest BCUT2D eigenvalue weighted by molar-refractivity contribution is 0.0115. The number of aromatic amines is 2. The molecule has 6 aromatic rings. The van der Waals surface area contributed by atoms with Gasteiger partial charge in [0.2, 0.25) is 0 Å². The van der Waals surface area contributed by atoms with Crippen LogP contribution in [0, 0.1) is 0 Å². The zero-order chi connectivity index (χ0) is 25.0. The minimum atomic E-state index is -2.61. The van der Waals surface area contributed by atoms with Gasteiger partial charge in [-0.3, -0.25) is 15.0 Å². The van der Waals surface area contributed by atoms with E-state index in [4.69, 9.17) is 4.98 Å². The molecule has 0 unspecified atom stereocenters. The van der Waals surface area contributed by atoms with Crippen molar-refractivity contribution < 1.29 is 8.78 Å². The summed E-state index contributed by atoms with van der Waals surface area (Å²) in [4.78, 5) is 19.0. The highest BCUT2D eigenvalue weighted by molar-refractivity contribution is 7.08. The fourth-order valence-electron chi connectivity index (χ4n) is 4.99. The predicted molar refractivity (Wildman–Crippen MR) is 140 cm³/mol. The van der Waals surface area contributed by atoms with Crippen LogP contribution in [0.15, 0.2) is 65.7 Å². The Balaban J connectivity index is 1.24. The summed E-state index contributed by atoms with van der Waals surface area (Å²) in [6.45, 7) is 0.602. The summed E-state index contributed by atoms with van der Waals surface area (Å²) in [5, 5.41) is 12.8. The van der Waals surface area contributed by atoms with Crippen LogP contribution in [0.4, 0.5) is 8.78 Å². The van der Waals surface area contributed by atoms with Gasteiger partial charge in [0.1, 0.15) is 16.9 Å². The van der Waals surface area contributed by atoms with Gasteiger partial charge in [-0.2, -0.15) is 16.4 Å². The number of halogens is 2. The van der Waals surface area contributed by atoms with Crippen LogP contribution in [0.2, 0.25) is 0 Å². The molecule has 0 amide bonds. The first-order valence-corrected chi connectivity index (χ1v) is 12.9. The molecular weight excluding hydrogens is 492 g/mol. The van der Waals surface area contributed by atoms with Crippen molar-refractivity contribution in [2.45, 2.75) is 18.9 Å². The molecule has 0 aliphatic carbocycles. The first kappa shape index (κ1) is 22.2. The number of H-pyrrole nitrogens is 2.